The summed E-state index contributed by atoms with van der Waals surface area (Å²) in [4.78, 5) is 25.2. The van der Waals surface area contributed by atoms with Crippen molar-refractivity contribution in [3.8, 4) is 0 Å². The number of furan rings is 1. The number of hydrogen-bond donors (Lipinski definition) is 2. The first-order valence-corrected chi connectivity index (χ1v) is 12.7. The van der Waals surface area contributed by atoms with Crippen LogP contribution in [0.1, 0.15) is 53.7 Å². The first-order chi connectivity index (χ1) is 15.4. The molecule has 0 saturated heterocycles. The zero-order valence-electron chi connectivity index (χ0n) is 19.0. The third-order valence-electron chi connectivity index (χ3n) is 6.58. The zero-order valence-corrected chi connectivity index (χ0v) is 19.8. The van der Waals surface area contributed by atoms with Gasteiger partial charge in [-0.3, -0.25) is 4.79 Å². The molecule has 0 aliphatic heterocycles. The number of fused-ring (bicyclic) bond motifs is 4. The number of carbonyl (C=O) groups is 1. The lowest BCUT2D eigenvalue weighted by atomic mass is 9.93. The molecule has 1 aliphatic carbocycles. The first kappa shape index (κ1) is 22.9. The van der Waals surface area contributed by atoms with Crippen LogP contribution >= 0.6 is 11.8 Å². The van der Waals surface area contributed by atoms with Gasteiger partial charge in [-0.25, -0.2) is 4.79 Å². The van der Waals surface area contributed by atoms with E-state index in [2.05, 4.69) is 11.4 Å². The normalized spacial score (nSPS) is 14.6. The molecule has 0 saturated carbocycles. The van der Waals surface area contributed by atoms with E-state index in [1.54, 1.807) is 11.8 Å². The Kier molecular flexibility index (Phi) is 6.96. The molecule has 3 aromatic rings. The zero-order chi connectivity index (χ0) is 22.8. The van der Waals surface area contributed by atoms with Gasteiger partial charge in [0.15, 0.2) is 0 Å². The fourth-order valence-electron chi connectivity index (χ4n) is 4.71. The van der Waals surface area contributed by atoms with E-state index in [1.807, 2.05) is 20.1 Å². The Morgan fingerprint density at radius 2 is 1.91 bits per heavy atom. The average Bonchev–Trinajstić information content (AvgIpc) is 3.16. The highest BCUT2D eigenvalue weighted by atomic mass is 32.2. The fraction of sp³-hybridized carbons (Fsp3) is 0.520. The van der Waals surface area contributed by atoms with E-state index in [9.17, 15) is 14.7 Å². The van der Waals surface area contributed by atoms with E-state index < -0.39 is 5.63 Å². The Bertz CT molecular complexity index is 1210. The molecule has 2 aromatic heterocycles. The van der Waals surface area contributed by atoms with Crippen molar-refractivity contribution in [1.29, 1.82) is 0 Å². The Hall–Kier alpha value is -2.25. The number of thioether (sulfide) groups is 1. The van der Waals surface area contributed by atoms with Gasteiger partial charge in [-0.05, 0) is 69.6 Å². The van der Waals surface area contributed by atoms with Crippen LogP contribution in [0.15, 0.2) is 19.7 Å². The van der Waals surface area contributed by atoms with Crippen LogP contribution in [0.5, 0.6) is 0 Å². The second-order valence-electron chi connectivity index (χ2n) is 8.69. The number of carbonyl (C=O) groups excluding carboxylic acids is 1. The van der Waals surface area contributed by atoms with E-state index >= 15 is 0 Å². The molecule has 1 aliphatic rings. The molecule has 32 heavy (non-hydrogen) atoms. The van der Waals surface area contributed by atoms with E-state index in [1.165, 1.54) is 5.56 Å². The van der Waals surface area contributed by atoms with Crippen LogP contribution in [-0.2, 0) is 24.1 Å². The fourth-order valence-corrected chi connectivity index (χ4v) is 5.23. The molecule has 0 bridgehead atoms. The molecule has 2 N–H and O–H groups in total. The summed E-state index contributed by atoms with van der Waals surface area (Å²) < 4.78 is 11.9. The van der Waals surface area contributed by atoms with E-state index in [0.717, 1.165) is 64.7 Å². The number of aliphatic hydroxyl groups is 1. The molecule has 0 fully saturated rings. The number of nitrogens with one attached hydrogen (secondary N) is 1. The molecular weight excluding hydrogens is 426 g/mol. The van der Waals surface area contributed by atoms with Crippen LogP contribution < -0.4 is 10.9 Å². The van der Waals surface area contributed by atoms with Crippen LogP contribution in [0.25, 0.3) is 21.9 Å². The van der Waals surface area contributed by atoms with Crippen molar-refractivity contribution in [3.63, 3.8) is 0 Å². The Morgan fingerprint density at radius 1 is 1.16 bits per heavy atom. The van der Waals surface area contributed by atoms with Crippen LogP contribution in [0.2, 0.25) is 0 Å². The predicted octanol–water partition coefficient (Wildman–Crippen LogP) is 4.20. The van der Waals surface area contributed by atoms with E-state index in [-0.39, 0.29) is 25.0 Å². The van der Waals surface area contributed by atoms with E-state index in [4.69, 9.17) is 8.83 Å². The van der Waals surface area contributed by atoms with Crippen molar-refractivity contribution < 1.29 is 18.7 Å². The highest BCUT2D eigenvalue weighted by Crippen LogP contribution is 2.37. The van der Waals surface area contributed by atoms with Gasteiger partial charge in [-0.2, -0.15) is 11.8 Å². The number of aryl methyl sites for hydroxylation is 4. The third kappa shape index (κ3) is 4.33. The van der Waals surface area contributed by atoms with Gasteiger partial charge < -0.3 is 19.3 Å². The topological polar surface area (TPSA) is 92.7 Å². The molecule has 0 spiro atoms. The van der Waals surface area contributed by atoms with Gasteiger partial charge in [0, 0.05) is 40.3 Å². The number of rotatable bonds is 8. The SMILES string of the molecule is CSCC[C@H](CO)NC(=O)CCc1c(C)c2cc3c4c(oc3c(C)c2oc1=O)CCCC4. The van der Waals surface area contributed by atoms with Gasteiger partial charge in [-0.15, -0.1) is 0 Å². The van der Waals surface area contributed by atoms with Crippen molar-refractivity contribution in [1.82, 2.24) is 5.32 Å². The third-order valence-corrected chi connectivity index (χ3v) is 7.23. The van der Waals surface area contributed by atoms with Crippen LogP contribution in [0, 0.1) is 13.8 Å². The first-order valence-electron chi connectivity index (χ1n) is 11.3. The van der Waals surface area contributed by atoms with Gasteiger partial charge in [0.05, 0.1) is 12.6 Å². The van der Waals surface area contributed by atoms with Crippen LogP contribution in [0.3, 0.4) is 0 Å². The van der Waals surface area contributed by atoms with Gasteiger partial charge in [0.1, 0.15) is 16.9 Å². The largest absolute Gasteiger partial charge is 0.460 e. The predicted molar refractivity (Wildman–Crippen MR) is 129 cm³/mol. The molecule has 0 radical (unpaired) electrons. The quantitative estimate of drug-likeness (QED) is 0.493. The number of hydrogen-bond acceptors (Lipinski definition) is 6. The molecule has 4 rings (SSSR count). The second kappa shape index (κ2) is 9.71. The molecule has 1 aromatic carbocycles. The van der Waals surface area contributed by atoms with Gasteiger partial charge >= 0.3 is 5.63 Å². The summed E-state index contributed by atoms with van der Waals surface area (Å²) in [6.07, 6.45) is 7.45. The minimum absolute atomic E-state index is 0.0895. The smallest absolute Gasteiger partial charge is 0.339 e. The van der Waals surface area contributed by atoms with Crippen molar-refractivity contribution in [2.75, 3.05) is 18.6 Å². The Balaban J connectivity index is 1.63. The molecular formula is C25H31NO5S. The highest BCUT2D eigenvalue weighted by Gasteiger charge is 2.23. The van der Waals surface area contributed by atoms with Gasteiger partial charge in [0.25, 0.3) is 0 Å². The maximum absolute atomic E-state index is 12.8. The number of benzene rings is 1. The monoisotopic (exact) mass is 457 g/mol. The molecule has 0 unspecified atom stereocenters. The summed E-state index contributed by atoms with van der Waals surface area (Å²) in [6, 6.07) is 1.84. The van der Waals surface area contributed by atoms with Crippen molar-refractivity contribution in [2.45, 2.75) is 64.8 Å². The molecule has 172 valence electrons. The maximum atomic E-state index is 12.8. The van der Waals surface area contributed by atoms with Gasteiger partial charge in [0.2, 0.25) is 5.91 Å². The minimum atomic E-state index is -0.400. The standard InChI is InChI=1S/C25H31NO5S/c1-14-17(8-9-22(28)26-16(13-27)10-11-32-3)25(29)31-23-15(2)24-20(12-19(14)23)18-6-4-5-7-21(18)30-24/h12,16,27H,4-11,13H2,1-3H3,(H,26,28)/t16-/m1/s1. The average molecular weight is 458 g/mol. The molecule has 1 atom stereocenters. The number of aliphatic hydroxyl groups excluding tert-OH is 1. The molecule has 2 heterocycles. The summed E-state index contributed by atoms with van der Waals surface area (Å²) in [7, 11) is 0. The summed E-state index contributed by atoms with van der Waals surface area (Å²) in [5.41, 5.74) is 4.52. The summed E-state index contributed by atoms with van der Waals surface area (Å²) in [5.74, 6) is 1.76. The Morgan fingerprint density at radius 3 is 2.66 bits per heavy atom. The Labute approximate surface area is 191 Å². The van der Waals surface area contributed by atoms with Crippen LogP contribution in [0.4, 0.5) is 0 Å². The maximum Gasteiger partial charge on any atom is 0.339 e. The lowest BCUT2D eigenvalue weighted by molar-refractivity contribution is -0.122. The summed E-state index contributed by atoms with van der Waals surface area (Å²) >= 11 is 1.68. The van der Waals surface area contributed by atoms with Crippen molar-refractivity contribution in [3.05, 3.63) is 44.5 Å². The van der Waals surface area contributed by atoms with Crippen molar-refractivity contribution >= 4 is 39.6 Å². The minimum Gasteiger partial charge on any atom is -0.460 e. The number of amides is 1. The summed E-state index contributed by atoms with van der Waals surface area (Å²) in [6.45, 7) is 3.78. The lowest BCUT2D eigenvalue weighted by Gasteiger charge is -2.16. The molecule has 6 nitrogen and oxygen atoms in total. The highest BCUT2D eigenvalue weighted by molar-refractivity contribution is 7.98. The van der Waals surface area contributed by atoms with Crippen LogP contribution in [-0.4, -0.2) is 35.7 Å². The van der Waals surface area contributed by atoms with Crippen molar-refractivity contribution in [2.24, 2.45) is 0 Å². The second-order valence-corrected chi connectivity index (χ2v) is 9.67. The summed E-state index contributed by atoms with van der Waals surface area (Å²) in [5, 5.41) is 14.4. The molecule has 1 amide bonds. The molecule has 7 heteroatoms. The van der Waals surface area contributed by atoms with Gasteiger partial charge in [-0.1, -0.05) is 0 Å². The van der Waals surface area contributed by atoms with E-state index in [0.29, 0.717) is 24.0 Å². The lowest BCUT2D eigenvalue weighted by Crippen LogP contribution is -2.38.